The lowest BCUT2D eigenvalue weighted by atomic mass is 9.94. The molecule has 2 atom stereocenters. The van der Waals surface area contributed by atoms with Crippen LogP contribution in [0.2, 0.25) is 0 Å². The number of aryl methyl sites for hydroxylation is 1. The first kappa shape index (κ1) is 30.0. The third-order valence-corrected chi connectivity index (χ3v) is 8.30. The van der Waals surface area contributed by atoms with Gasteiger partial charge in [0, 0.05) is 43.0 Å². The van der Waals surface area contributed by atoms with E-state index in [0.29, 0.717) is 30.4 Å². The summed E-state index contributed by atoms with van der Waals surface area (Å²) in [5, 5.41) is 0. The quantitative estimate of drug-likeness (QED) is 0.254. The minimum atomic E-state index is -2.90. The van der Waals surface area contributed by atoms with Crippen LogP contribution < -0.4 is 14.4 Å². The fourth-order valence-electron chi connectivity index (χ4n) is 5.76. The number of rotatable bonds is 10. The number of aromatic nitrogens is 1. The third-order valence-electron chi connectivity index (χ3n) is 8.30. The highest BCUT2D eigenvalue weighted by Crippen LogP contribution is 2.41. The van der Waals surface area contributed by atoms with Crippen LogP contribution in [0, 0.1) is 12.8 Å². The average molecular weight is 578 g/mol. The molecule has 5 rings (SSSR count). The van der Waals surface area contributed by atoms with E-state index in [4.69, 9.17) is 14.5 Å². The van der Waals surface area contributed by atoms with Gasteiger partial charge in [-0.3, -0.25) is 9.69 Å². The number of alkyl halides is 2. The lowest BCUT2D eigenvalue weighted by molar-refractivity contribution is -0.0515. The molecule has 2 aromatic carbocycles. The summed E-state index contributed by atoms with van der Waals surface area (Å²) in [5.74, 6) is 0.999. The van der Waals surface area contributed by atoms with Gasteiger partial charge in [0.25, 0.3) is 5.91 Å². The van der Waals surface area contributed by atoms with Gasteiger partial charge in [0.1, 0.15) is 5.69 Å². The first-order valence-electron chi connectivity index (χ1n) is 14.8. The summed E-state index contributed by atoms with van der Waals surface area (Å²) in [7, 11) is 1.77. The summed E-state index contributed by atoms with van der Waals surface area (Å²) in [4.78, 5) is 22.2. The van der Waals surface area contributed by atoms with Gasteiger partial charge >= 0.3 is 6.61 Å². The van der Waals surface area contributed by atoms with Crippen molar-refractivity contribution in [1.29, 1.82) is 0 Å². The van der Waals surface area contributed by atoms with Crippen LogP contribution in [0.25, 0.3) is 0 Å². The van der Waals surface area contributed by atoms with Gasteiger partial charge in [-0.2, -0.15) is 8.78 Å². The lowest BCUT2D eigenvalue weighted by Gasteiger charge is -2.37. The summed E-state index contributed by atoms with van der Waals surface area (Å²) in [5.41, 5.74) is 4.20. The molecule has 42 heavy (non-hydrogen) atoms. The lowest BCUT2D eigenvalue weighted by Crippen LogP contribution is -2.45. The molecule has 0 unspecified atom stereocenters. The Balaban J connectivity index is 1.34. The summed E-state index contributed by atoms with van der Waals surface area (Å²) >= 11 is 0. The monoisotopic (exact) mass is 577 g/mol. The fourth-order valence-corrected chi connectivity index (χ4v) is 5.76. The first-order chi connectivity index (χ1) is 20.0. The van der Waals surface area contributed by atoms with E-state index in [1.54, 1.807) is 24.1 Å². The van der Waals surface area contributed by atoms with E-state index in [9.17, 15) is 13.6 Å². The van der Waals surface area contributed by atoms with E-state index in [0.717, 1.165) is 48.3 Å². The Morgan fingerprint density at radius 3 is 2.48 bits per heavy atom. The summed E-state index contributed by atoms with van der Waals surface area (Å²) in [6, 6.07) is 19.1. The number of carbonyl (C=O) groups is 1. The SMILES string of the molecule is Cc1ccc(N(C)C(=O)c2cccc(C[C@H]3C[C@@H](c4ccc(OC(F)F)c(OCC5CC5)c4)CN3C(C)(C)C)n2)cc1. The van der Waals surface area contributed by atoms with Crippen LogP contribution in [-0.2, 0) is 6.42 Å². The Kier molecular flexibility index (Phi) is 8.83. The molecular weight excluding hydrogens is 536 g/mol. The van der Waals surface area contributed by atoms with E-state index in [1.807, 2.05) is 55.5 Å². The molecule has 1 aliphatic heterocycles. The van der Waals surface area contributed by atoms with E-state index in [2.05, 4.69) is 25.7 Å². The second kappa shape index (κ2) is 12.4. The molecule has 0 spiro atoms. The van der Waals surface area contributed by atoms with Gasteiger partial charge in [0.2, 0.25) is 0 Å². The smallest absolute Gasteiger partial charge is 0.387 e. The van der Waals surface area contributed by atoms with Gasteiger partial charge in [-0.1, -0.05) is 29.8 Å². The van der Waals surface area contributed by atoms with E-state index in [-0.39, 0.29) is 29.2 Å². The molecule has 6 nitrogen and oxygen atoms in total. The van der Waals surface area contributed by atoms with Gasteiger partial charge < -0.3 is 14.4 Å². The number of ether oxygens (including phenoxy) is 2. The van der Waals surface area contributed by atoms with Crippen LogP contribution in [0.1, 0.15) is 73.3 Å². The highest BCUT2D eigenvalue weighted by Gasteiger charge is 2.39. The topological polar surface area (TPSA) is 54.9 Å². The predicted octanol–water partition coefficient (Wildman–Crippen LogP) is 7.26. The number of anilines is 1. The number of halogens is 2. The standard InChI is InChI=1S/C34H41F2N3O3/c1-22-9-14-27(15-10-22)38(5)32(40)29-8-6-7-26(37-29)19-28-17-25(20-39(28)34(2,3)4)24-13-16-30(42-33(35)36)31(18-24)41-21-23-11-12-23/h6-10,13-16,18,23,25,28,33H,11-12,17,19-21H2,1-5H3/t25-,28-/m1/s1. The number of hydrogen-bond donors (Lipinski definition) is 0. The Hall–Kier alpha value is -3.52. The average Bonchev–Trinajstić information content (AvgIpc) is 3.68. The zero-order valence-corrected chi connectivity index (χ0v) is 25.1. The number of likely N-dealkylation sites (tertiary alicyclic amines) is 1. The van der Waals surface area contributed by atoms with Crippen molar-refractivity contribution >= 4 is 11.6 Å². The number of benzene rings is 2. The van der Waals surface area contributed by atoms with Crippen molar-refractivity contribution in [2.24, 2.45) is 5.92 Å². The predicted molar refractivity (Wildman–Crippen MR) is 161 cm³/mol. The minimum Gasteiger partial charge on any atom is -0.489 e. The summed E-state index contributed by atoms with van der Waals surface area (Å²) in [6.07, 6.45) is 3.79. The number of carbonyl (C=O) groups excluding carboxylic acids is 1. The molecule has 1 saturated carbocycles. The van der Waals surface area contributed by atoms with Crippen molar-refractivity contribution < 1.29 is 23.0 Å². The molecule has 2 aliphatic rings. The zero-order valence-electron chi connectivity index (χ0n) is 25.1. The molecule has 3 aromatic rings. The second-order valence-electron chi connectivity index (χ2n) is 12.7. The number of nitrogens with zero attached hydrogens (tertiary/aromatic N) is 3. The maximum Gasteiger partial charge on any atom is 0.387 e. The van der Waals surface area contributed by atoms with Crippen molar-refractivity contribution in [1.82, 2.24) is 9.88 Å². The van der Waals surface area contributed by atoms with Crippen molar-refractivity contribution in [3.05, 3.63) is 83.2 Å². The Labute approximate surface area is 247 Å². The van der Waals surface area contributed by atoms with Gasteiger partial charge in [-0.05, 0) is 101 Å². The molecule has 1 aliphatic carbocycles. The Morgan fingerprint density at radius 2 is 1.81 bits per heavy atom. The van der Waals surface area contributed by atoms with Crippen molar-refractivity contribution in [3.8, 4) is 11.5 Å². The number of pyridine rings is 1. The van der Waals surface area contributed by atoms with E-state index in [1.165, 1.54) is 0 Å². The summed E-state index contributed by atoms with van der Waals surface area (Å²) in [6.45, 7) is 7.06. The number of hydrogen-bond acceptors (Lipinski definition) is 5. The second-order valence-corrected chi connectivity index (χ2v) is 12.7. The van der Waals surface area contributed by atoms with Crippen LogP contribution in [0.5, 0.6) is 11.5 Å². The van der Waals surface area contributed by atoms with Crippen LogP contribution in [0.15, 0.2) is 60.7 Å². The molecule has 2 heterocycles. The van der Waals surface area contributed by atoms with Crippen molar-refractivity contribution in [2.75, 3.05) is 25.1 Å². The number of amides is 1. The molecule has 8 heteroatoms. The highest BCUT2D eigenvalue weighted by molar-refractivity contribution is 6.04. The van der Waals surface area contributed by atoms with E-state index < -0.39 is 6.61 Å². The van der Waals surface area contributed by atoms with Gasteiger partial charge in [0.15, 0.2) is 11.5 Å². The summed E-state index contributed by atoms with van der Waals surface area (Å²) < 4.78 is 36.8. The zero-order chi connectivity index (χ0) is 30.0. The Morgan fingerprint density at radius 1 is 1.07 bits per heavy atom. The molecule has 224 valence electrons. The molecule has 2 fully saturated rings. The molecule has 0 bridgehead atoms. The van der Waals surface area contributed by atoms with Gasteiger partial charge in [-0.15, -0.1) is 0 Å². The largest absolute Gasteiger partial charge is 0.489 e. The van der Waals surface area contributed by atoms with Gasteiger partial charge in [-0.25, -0.2) is 4.98 Å². The van der Waals surface area contributed by atoms with Crippen molar-refractivity contribution in [3.63, 3.8) is 0 Å². The van der Waals surface area contributed by atoms with Crippen molar-refractivity contribution in [2.45, 2.75) is 77.5 Å². The molecule has 0 radical (unpaired) electrons. The van der Waals surface area contributed by atoms with Crippen LogP contribution in [0.4, 0.5) is 14.5 Å². The van der Waals surface area contributed by atoms with Crippen LogP contribution in [-0.4, -0.2) is 54.2 Å². The highest BCUT2D eigenvalue weighted by atomic mass is 19.3. The fraction of sp³-hybridized carbons (Fsp3) is 0.471. The normalized spacial score (nSPS) is 19.2. The maximum atomic E-state index is 13.3. The molecule has 1 aromatic heterocycles. The molecular formula is C34H41F2N3O3. The Bertz CT molecular complexity index is 1390. The maximum absolute atomic E-state index is 13.3. The third kappa shape index (κ3) is 7.27. The minimum absolute atomic E-state index is 0.0814. The van der Waals surface area contributed by atoms with Gasteiger partial charge in [0.05, 0.1) is 6.61 Å². The molecule has 1 amide bonds. The van der Waals surface area contributed by atoms with E-state index >= 15 is 0 Å². The van der Waals surface area contributed by atoms with Crippen LogP contribution >= 0.6 is 0 Å². The first-order valence-corrected chi connectivity index (χ1v) is 14.8. The van der Waals surface area contributed by atoms with Crippen LogP contribution in [0.3, 0.4) is 0 Å². The molecule has 0 N–H and O–H groups in total. The molecule has 1 saturated heterocycles.